The van der Waals surface area contributed by atoms with Crippen LogP contribution in [0.1, 0.15) is 44.6 Å². The molecule has 166 valence electrons. The Hall–Kier alpha value is -3.32. The van der Waals surface area contributed by atoms with Gasteiger partial charge in [-0.1, -0.05) is 35.9 Å². The number of hydrogen-bond donors (Lipinski definition) is 1. The highest BCUT2D eigenvalue weighted by molar-refractivity contribution is 6.30. The maximum absolute atomic E-state index is 13.2. The van der Waals surface area contributed by atoms with E-state index < -0.39 is 0 Å². The molecule has 7 nitrogen and oxygen atoms in total. The van der Waals surface area contributed by atoms with Crippen molar-refractivity contribution >= 4 is 23.4 Å². The molecule has 0 radical (unpaired) electrons. The van der Waals surface area contributed by atoms with Gasteiger partial charge in [0.25, 0.3) is 11.8 Å². The summed E-state index contributed by atoms with van der Waals surface area (Å²) < 4.78 is 7.37. The number of carbonyl (C=O) groups is 2. The van der Waals surface area contributed by atoms with Crippen molar-refractivity contribution in [3.05, 3.63) is 81.6 Å². The van der Waals surface area contributed by atoms with Gasteiger partial charge in [0.1, 0.15) is 5.75 Å². The fraction of sp³-hybridized carbons (Fsp3) is 0.292. The van der Waals surface area contributed by atoms with E-state index in [-0.39, 0.29) is 11.8 Å². The zero-order valence-electron chi connectivity index (χ0n) is 18.1. The fourth-order valence-corrected chi connectivity index (χ4v) is 4.04. The van der Waals surface area contributed by atoms with E-state index in [1.165, 1.54) is 0 Å². The van der Waals surface area contributed by atoms with Crippen molar-refractivity contribution in [2.24, 2.45) is 7.05 Å². The van der Waals surface area contributed by atoms with Crippen molar-refractivity contribution in [3.8, 4) is 5.75 Å². The first-order valence-corrected chi connectivity index (χ1v) is 10.9. The first kappa shape index (κ1) is 21.9. The van der Waals surface area contributed by atoms with Gasteiger partial charge in [-0.05, 0) is 36.8 Å². The summed E-state index contributed by atoms with van der Waals surface area (Å²) in [4.78, 5) is 27.9. The van der Waals surface area contributed by atoms with Crippen LogP contribution < -0.4 is 10.1 Å². The number of rotatable bonds is 6. The van der Waals surface area contributed by atoms with Gasteiger partial charge >= 0.3 is 0 Å². The van der Waals surface area contributed by atoms with E-state index in [0.717, 1.165) is 16.8 Å². The number of carbonyl (C=O) groups excluding carboxylic acids is 2. The molecule has 0 aliphatic carbocycles. The van der Waals surface area contributed by atoms with Crippen LogP contribution in [0.25, 0.3) is 0 Å². The second-order valence-corrected chi connectivity index (χ2v) is 8.05. The number of aryl methyl sites for hydroxylation is 1. The number of amides is 2. The lowest BCUT2D eigenvalue weighted by Crippen LogP contribution is -2.37. The second-order valence-electron chi connectivity index (χ2n) is 7.61. The summed E-state index contributed by atoms with van der Waals surface area (Å²) in [7, 11) is 1.83. The molecule has 0 unspecified atom stereocenters. The first-order chi connectivity index (χ1) is 15.5. The predicted octanol–water partition coefficient (Wildman–Crippen LogP) is 3.60. The van der Waals surface area contributed by atoms with Crippen LogP contribution in [0.3, 0.4) is 0 Å². The number of halogens is 1. The number of benzene rings is 2. The number of para-hydroxylation sites is 1. The topological polar surface area (TPSA) is 76.5 Å². The number of fused-ring (bicyclic) bond motifs is 1. The van der Waals surface area contributed by atoms with Crippen LogP contribution in [0.4, 0.5) is 0 Å². The van der Waals surface area contributed by atoms with Gasteiger partial charge in [-0.2, -0.15) is 5.10 Å². The number of ether oxygens (including phenoxy) is 1. The molecule has 0 saturated heterocycles. The molecule has 32 heavy (non-hydrogen) atoms. The quantitative estimate of drug-likeness (QED) is 0.620. The Morgan fingerprint density at radius 1 is 1.16 bits per heavy atom. The lowest BCUT2D eigenvalue weighted by Gasteiger charge is -2.28. The molecule has 0 fully saturated rings. The van der Waals surface area contributed by atoms with E-state index in [2.05, 4.69) is 10.4 Å². The molecule has 2 aromatic carbocycles. The summed E-state index contributed by atoms with van der Waals surface area (Å²) >= 11 is 5.92. The van der Waals surface area contributed by atoms with E-state index in [1.807, 2.05) is 38.2 Å². The average Bonchev–Trinajstić information content (AvgIpc) is 3.14. The molecule has 0 spiro atoms. The molecule has 0 atom stereocenters. The van der Waals surface area contributed by atoms with Crippen LogP contribution in [-0.2, 0) is 26.6 Å². The van der Waals surface area contributed by atoms with Crippen molar-refractivity contribution in [1.29, 1.82) is 0 Å². The summed E-state index contributed by atoms with van der Waals surface area (Å²) in [5.74, 6) is 0.190. The van der Waals surface area contributed by atoms with Crippen LogP contribution in [0.2, 0.25) is 5.02 Å². The third-order valence-electron chi connectivity index (χ3n) is 5.53. The Morgan fingerprint density at radius 3 is 2.66 bits per heavy atom. The summed E-state index contributed by atoms with van der Waals surface area (Å²) in [5, 5.41) is 8.02. The van der Waals surface area contributed by atoms with E-state index in [0.29, 0.717) is 54.7 Å². The molecule has 4 rings (SSSR count). The van der Waals surface area contributed by atoms with Crippen molar-refractivity contribution in [3.63, 3.8) is 0 Å². The Morgan fingerprint density at radius 2 is 1.91 bits per heavy atom. The largest absolute Gasteiger partial charge is 0.493 e. The highest BCUT2D eigenvalue weighted by atomic mass is 35.5. The molecular weight excluding hydrogens is 428 g/mol. The Kier molecular flexibility index (Phi) is 6.46. The molecule has 1 N–H and O–H groups in total. The van der Waals surface area contributed by atoms with Gasteiger partial charge in [-0.15, -0.1) is 0 Å². The molecule has 1 aliphatic rings. The van der Waals surface area contributed by atoms with E-state index in [1.54, 1.807) is 33.8 Å². The minimum absolute atomic E-state index is 0.115. The second kappa shape index (κ2) is 9.44. The van der Waals surface area contributed by atoms with Crippen molar-refractivity contribution in [1.82, 2.24) is 20.0 Å². The Bertz CT molecular complexity index is 1140. The van der Waals surface area contributed by atoms with Crippen LogP contribution in [0.15, 0.2) is 48.5 Å². The Balaban J connectivity index is 1.52. The monoisotopic (exact) mass is 452 g/mol. The lowest BCUT2D eigenvalue weighted by molar-refractivity contribution is 0.0726. The van der Waals surface area contributed by atoms with Gasteiger partial charge in [0, 0.05) is 42.8 Å². The normalized spacial score (nSPS) is 12.9. The molecule has 2 heterocycles. The average molecular weight is 453 g/mol. The van der Waals surface area contributed by atoms with E-state index in [9.17, 15) is 9.59 Å². The van der Waals surface area contributed by atoms with Crippen molar-refractivity contribution in [2.75, 3.05) is 13.2 Å². The molecule has 0 saturated carbocycles. The number of nitrogens with one attached hydrogen (secondary N) is 1. The molecular formula is C24H25ClN4O3. The highest BCUT2D eigenvalue weighted by Gasteiger charge is 2.30. The van der Waals surface area contributed by atoms with Gasteiger partial charge < -0.3 is 15.0 Å². The van der Waals surface area contributed by atoms with Crippen LogP contribution >= 0.6 is 11.6 Å². The van der Waals surface area contributed by atoms with Crippen molar-refractivity contribution in [2.45, 2.75) is 26.4 Å². The fourth-order valence-electron chi connectivity index (χ4n) is 3.91. The first-order valence-electron chi connectivity index (χ1n) is 10.6. The smallest absolute Gasteiger partial charge is 0.272 e. The van der Waals surface area contributed by atoms with E-state index >= 15 is 0 Å². The third-order valence-corrected chi connectivity index (χ3v) is 5.78. The van der Waals surface area contributed by atoms with Crippen LogP contribution in [0, 0.1) is 0 Å². The zero-order chi connectivity index (χ0) is 22.7. The molecule has 3 aromatic rings. The SMILES string of the molecule is CCOc1ccccc1C(=O)N1CCc2c(c(C(=O)NCc3ccc(Cl)cc3)nn2C)C1. The van der Waals surface area contributed by atoms with Crippen LogP contribution in [0.5, 0.6) is 5.75 Å². The van der Waals surface area contributed by atoms with Gasteiger partial charge in [-0.3, -0.25) is 14.3 Å². The van der Waals surface area contributed by atoms with Gasteiger partial charge in [0.05, 0.1) is 18.7 Å². The summed E-state index contributed by atoms with van der Waals surface area (Å²) in [5.41, 5.74) is 3.58. The van der Waals surface area contributed by atoms with E-state index in [4.69, 9.17) is 16.3 Å². The molecule has 8 heteroatoms. The van der Waals surface area contributed by atoms with Gasteiger partial charge in [-0.25, -0.2) is 0 Å². The summed E-state index contributed by atoms with van der Waals surface area (Å²) in [6, 6.07) is 14.5. The maximum atomic E-state index is 13.2. The number of aromatic nitrogens is 2. The highest BCUT2D eigenvalue weighted by Crippen LogP contribution is 2.26. The number of hydrogen-bond acceptors (Lipinski definition) is 4. The van der Waals surface area contributed by atoms with Crippen molar-refractivity contribution < 1.29 is 14.3 Å². The molecule has 1 aliphatic heterocycles. The lowest BCUT2D eigenvalue weighted by atomic mass is 10.0. The molecule has 0 bridgehead atoms. The minimum atomic E-state index is -0.263. The van der Waals surface area contributed by atoms with Gasteiger partial charge in [0.15, 0.2) is 5.69 Å². The predicted molar refractivity (Wildman–Crippen MR) is 122 cm³/mol. The summed E-state index contributed by atoms with van der Waals surface area (Å²) in [6.45, 7) is 3.61. The third kappa shape index (κ3) is 4.48. The standard InChI is InChI=1S/C24H25ClN4O3/c1-3-32-21-7-5-4-6-18(21)24(31)29-13-12-20-19(15-29)22(27-28(20)2)23(30)26-14-16-8-10-17(25)11-9-16/h4-11H,3,12-15H2,1-2H3,(H,26,30). The molecule has 1 aromatic heterocycles. The number of nitrogens with zero attached hydrogens (tertiary/aromatic N) is 3. The maximum Gasteiger partial charge on any atom is 0.272 e. The van der Waals surface area contributed by atoms with Crippen LogP contribution in [-0.4, -0.2) is 39.6 Å². The Labute approximate surface area is 191 Å². The molecule has 2 amide bonds. The summed E-state index contributed by atoms with van der Waals surface area (Å²) in [6.07, 6.45) is 0.631. The minimum Gasteiger partial charge on any atom is -0.493 e. The van der Waals surface area contributed by atoms with Gasteiger partial charge in [0.2, 0.25) is 0 Å². The zero-order valence-corrected chi connectivity index (χ0v) is 18.9.